The molecule has 0 aliphatic heterocycles. The van der Waals surface area contributed by atoms with Gasteiger partial charge in [-0.1, -0.05) is 0 Å². The Labute approximate surface area is 116 Å². The molecule has 0 amide bonds. The van der Waals surface area contributed by atoms with Gasteiger partial charge in [0.05, 0.1) is 0 Å². The maximum Gasteiger partial charge on any atom is 0.231 e. The fraction of sp³-hybridized carbons (Fsp3) is 0.727. The van der Waals surface area contributed by atoms with Gasteiger partial charge >= 0.3 is 0 Å². The zero-order chi connectivity index (χ0) is 14.4. The Hall–Kier alpha value is -1.44. The summed E-state index contributed by atoms with van der Waals surface area (Å²) in [7, 11) is -0.882. The molecule has 7 nitrogen and oxygen atoms in total. The van der Waals surface area contributed by atoms with Crippen LogP contribution >= 0.6 is 0 Å². The highest BCUT2D eigenvalue weighted by atomic mass is 32.2. The van der Waals surface area contributed by atoms with Crippen LogP contribution < -0.4 is 16.0 Å². The molecule has 0 fully saturated rings. The van der Waals surface area contributed by atoms with E-state index in [0.29, 0.717) is 18.4 Å². The van der Waals surface area contributed by atoms with Crippen molar-refractivity contribution >= 4 is 28.6 Å². The summed E-state index contributed by atoms with van der Waals surface area (Å²) in [5.74, 6) is 1.17. The SMILES string of the molecule is CCN(CC)c1nc(N)nc(NCC(C)S(C)=O)n1. The molecule has 0 aromatic carbocycles. The standard InChI is InChI=1S/C11H22N6OS/c1-5-17(6-2)11-15-9(12)14-10(16-11)13-7-8(3)19(4)18/h8H,5-7H2,1-4H3,(H3,12,13,14,15,16). The van der Waals surface area contributed by atoms with E-state index in [1.807, 2.05) is 25.7 Å². The summed E-state index contributed by atoms with van der Waals surface area (Å²) in [5.41, 5.74) is 5.68. The first kappa shape index (κ1) is 15.6. The number of anilines is 3. The van der Waals surface area contributed by atoms with E-state index in [1.54, 1.807) is 6.26 Å². The minimum Gasteiger partial charge on any atom is -0.368 e. The van der Waals surface area contributed by atoms with Gasteiger partial charge in [-0.2, -0.15) is 15.0 Å². The molecule has 2 atom stereocenters. The van der Waals surface area contributed by atoms with Crippen LogP contribution in [0.2, 0.25) is 0 Å². The molecular weight excluding hydrogens is 264 g/mol. The summed E-state index contributed by atoms with van der Waals surface area (Å²) in [6.45, 7) is 8.09. The van der Waals surface area contributed by atoms with Crippen LogP contribution in [-0.2, 0) is 10.8 Å². The second-order valence-corrected chi connectivity index (χ2v) is 5.98. The summed E-state index contributed by atoms with van der Waals surface area (Å²) in [6, 6.07) is 0. The number of nitrogens with two attached hydrogens (primary N) is 1. The van der Waals surface area contributed by atoms with E-state index in [1.165, 1.54) is 0 Å². The molecule has 0 bridgehead atoms. The van der Waals surface area contributed by atoms with E-state index in [0.717, 1.165) is 13.1 Å². The third-order valence-electron chi connectivity index (χ3n) is 2.80. The Bertz CT molecular complexity index is 437. The smallest absolute Gasteiger partial charge is 0.231 e. The average molecular weight is 286 g/mol. The fourth-order valence-electron chi connectivity index (χ4n) is 1.46. The third kappa shape index (κ3) is 4.62. The molecular formula is C11H22N6OS. The lowest BCUT2D eigenvalue weighted by atomic mass is 10.5. The highest BCUT2D eigenvalue weighted by Gasteiger charge is 2.11. The van der Waals surface area contributed by atoms with Gasteiger partial charge in [0.15, 0.2) is 0 Å². The molecule has 108 valence electrons. The number of nitrogens with one attached hydrogen (secondary N) is 1. The largest absolute Gasteiger partial charge is 0.368 e. The van der Waals surface area contributed by atoms with Gasteiger partial charge in [-0.25, -0.2) is 0 Å². The van der Waals surface area contributed by atoms with Crippen molar-refractivity contribution in [3.05, 3.63) is 0 Å². The molecule has 1 heterocycles. The van der Waals surface area contributed by atoms with Crippen LogP contribution in [0.3, 0.4) is 0 Å². The summed E-state index contributed by atoms with van der Waals surface area (Å²) in [5, 5.41) is 3.07. The molecule has 1 aromatic heterocycles. The molecule has 1 rings (SSSR count). The van der Waals surface area contributed by atoms with E-state index >= 15 is 0 Å². The van der Waals surface area contributed by atoms with Gasteiger partial charge in [0, 0.05) is 41.9 Å². The van der Waals surface area contributed by atoms with Gasteiger partial charge in [-0.15, -0.1) is 0 Å². The predicted molar refractivity (Wildman–Crippen MR) is 79.8 cm³/mol. The lowest BCUT2D eigenvalue weighted by Gasteiger charge is -2.19. The lowest BCUT2D eigenvalue weighted by molar-refractivity contribution is 0.678. The van der Waals surface area contributed by atoms with Gasteiger partial charge in [-0.05, 0) is 20.8 Å². The molecule has 3 N–H and O–H groups in total. The summed E-state index contributed by atoms with van der Waals surface area (Å²) >= 11 is 0. The first-order chi connectivity index (χ1) is 8.97. The molecule has 0 spiro atoms. The molecule has 8 heteroatoms. The molecule has 0 aliphatic carbocycles. The van der Waals surface area contributed by atoms with Crippen molar-refractivity contribution in [3.63, 3.8) is 0 Å². The topological polar surface area (TPSA) is 97.0 Å². The van der Waals surface area contributed by atoms with Crippen molar-refractivity contribution in [1.29, 1.82) is 0 Å². The van der Waals surface area contributed by atoms with Crippen LogP contribution in [0.5, 0.6) is 0 Å². The fourth-order valence-corrected chi connectivity index (χ4v) is 1.78. The van der Waals surface area contributed by atoms with Gasteiger partial charge in [0.2, 0.25) is 17.8 Å². The summed E-state index contributed by atoms with van der Waals surface area (Å²) in [4.78, 5) is 14.5. The van der Waals surface area contributed by atoms with Crippen molar-refractivity contribution in [3.8, 4) is 0 Å². The number of nitrogens with zero attached hydrogens (tertiary/aromatic N) is 4. The van der Waals surface area contributed by atoms with Crippen LogP contribution in [0.1, 0.15) is 20.8 Å². The van der Waals surface area contributed by atoms with Crippen LogP contribution in [0.25, 0.3) is 0 Å². The Morgan fingerprint density at radius 1 is 1.32 bits per heavy atom. The molecule has 1 aromatic rings. The lowest BCUT2D eigenvalue weighted by Crippen LogP contribution is -2.26. The Balaban J connectivity index is 2.82. The number of aromatic nitrogens is 3. The highest BCUT2D eigenvalue weighted by molar-refractivity contribution is 7.84. The number of rotatable bonds is 7. The Morgan fingerprint density at radius 2 is 1.95 bits per heavy atom. The Morgan fingerprint density at radius 3 is 2.47 bits per heavy atom. The zero-order valence-electron chi connectivity index (χ0n) is 11.9. The van der Waals surface area contributed by atoms with Crippen molar-refractivity contribution in [2.45, 2.75) is 26.0 Å². The van der Waals surface area contributed by atoms with Gasteiger partial charge < -0.3 is 16.0 Å². The molecule has 0 radical (unpaired) electrons. The maximum atomic E-state index is 11.3. The van der Waals surface area contributed by atoms with Crippen molar-refractivity contribution in [1.82, 2.24) is 15.0 Å². The van der Waals surface area contributed by atoms with Crippen molar-refractivity contribution in [2.75, 3.05) is 41.8 Å². The second kappa shape index (κ2) is 7.22. The molecule has 0 saturated carbocycles. The maximum absolute atomic E-state index is 11.3. The van der Waals surface area contributed by atoms with Crippen molar-refractivity contribution in [2.24, 2.45) is 0 Å². The number of hydrogen-bond acceptors (Lipinski definition) is 7. The van der Waals surface area contributed by atoms with E-state index in [2.05, 4.69) is 20.3 Å². The number of nitrogen functional groups attached to an aromatic ring is 1. The van der Waals surface area contributed by atoms with Gasteiger partial charge in [-0.3, -0.25) is 4.21 Å². The molecule has 0 aliphatic rings. The van der Waals surface area contributed by atoms with Gasteiger partial charge in [0.25, 0.3) is 0 Å². The number of hydrogen-bond donors (Lipinski definition) is 2. The van der Waals surface area contributed by atoms with E-state index in [-0.39, 0.29) is 11.2 Å². The van der Waals surface area contributed by atoms with Gasteiger partial charge in [0.1, 0.15) is 0 Å². The average Bonchev–Trinajstić information content (AvgIpc) is 2.36. The second-order valence-electron chi connectivity index (χ2n) is 4.18. The van der Waals surface area contributed by atoms with Crippen LogP contribution in [0, 0.1) is 0 Å². The Kier molecular flexibility index (Phi) is 5.94. The van der Waals surface area contributed by atoms with Crippen LogP contribution in [0.4, 0.5) is 17.8 Å². The van der Waals surface area contributed by atoms with E-state index in [4.69, 9.17) is 5.73 Å². The van der Waals surface area contributed by atoms with E-state index < -0.39 is 10.8 Å². The minimum atomic E-state index is -0.882. The molecule has 0 saturated heterocycles. The summed E-state index contributed by atoms with van der Waals surface area (Å²) in [6.07, 6.45) is 1.68. The molecule has 2 unspecified atom stereocenters. The minimum absolute atomic E-state index is 0.0230. The van der Waals surface area contributed by atoms with Crippen LogP contribution in [-0.4, -0.2) is 50.3 Å². The normalized spacial score (nSPS) is 13.9. The van der Waals surface area contributed by atoms with Crippen molar-refractivity contribution < 1.29 is 4.21 Å². The highest BCUT2D eigenvalue weighted by Crippen LogP contribution is 2.11. The zero-order valence-corrected chi connectivity index (χ0v) is 12.7. The quantitative estimate of drug-likeness (QED) is 0.752. The monoisotopic (exact) mass is 286 g/mol. The van der Waals surface area contributed by atoms with E-state index in [9.17, 15) is 4.21 Å². The predicted octanol–water partition coefficient (Wildman–Crippen LogP) is 0.479. The first-order valence-corrected chi connectivity index (χ1v) is 7.92. The first-order valence-electron chi connectivity index (χ1n) is 6.30. The third-order valence-corrected chi connectivity index (χ3v) is 4.10. The summed E-state index contributed by atoms with van der Waals surface area (Å²) < 4.78 is 11.3. The molecule has 19 heavy (non-hydrogen) atoms. The van der Waals surface area contributed by atoms with Crippen LogP contribution in [0.15, 0.2) is 0 Å².